The molecule has 0 aromatic heterocycles. The van der Waals surface area contributed by atoms with Gasteiger partial charge < -0.3 is 21.5 Å². The summed E-state index contributed by atoms with van der Waals surface area (Å²) in [6.07, 6.45) is 0. The van der Waals surface area contributed by atoms with Gasteiger partial charge in [-0.1, -0.05) is 17.7 Å². The van der Waals surface area contributed by atoms with Gasteiger partial charge >= 0.3 is 23.1 Å². The summed E-state index contributed by atoms with van der Waals surface area (Å²) in [5.74, 6) is 0. The zero-order chi connectivity index (χ0) is 8.48. The molecule has 0 unspecified atom stereocenters. The molecule has 13 heavy (non-hydrogen) atoms. The predicted molar refractivity (Wildman–Crippen MR) is 44.9 cm³/mol. The quantitative estimate of drug-likeness (QED) is 0.421. The molecule has 1 aromatic rings. The van der Waals surface area contributed by atoms with Crippen LogP contribution in [0.3, 0.4) is 0 Å². The van der Waals surface area contributed by atoms with Crippen LogP contribution in [0.4, 0.5) is 0 Å². The molecule has 0 amide bonds. The van der Waals surface area contributed by atoms with Gasteiger partial charge in [-0.15, -0.1) is 0 Å². The van der Waals surface area contributed by atoms with Crippen LogP contribution in [-0.2, 0) is 10.1 Å². The fourth-order valence-electron chi connectivity index (χ4n) is 0.705. The van der Waals surface area contributed by atoms with E-state index in [1.54, 1.807) is 12.1 Å². The second-order valence-electron chi connectivity index (χ2n) is 2.27. The van der Waals surface area contributed by atoms with Crippen LogP contribution in [0.5, 0.6) is 0 Å². The molecule has 0 aliphatic carbocycles. The van der Waals surface area contributed by atoms with Gasteiger partial charge in [0, 0.05) is 0 Å². The molecule has 0 heterocycles. The first kappa shape index (κ1) is 15.8. The molecule has 1 aromatic carbocycles. The van der Waals surface area contributed by atoms with Gasteiger partial charge in [-0.25, -0.2) is 8.42 Å². The van der Waals surface area contributed by atoms with Crippen molar-refractivity contribution in [3.8, 4) is 0 Å². The monoisotopic (exact) mass is 274 g/mol. The van der Waals surface area contributed by atoms with Crippen LogP contribution in [-0.4, -0.2) is 36.0 Å². The van der Waals surface area contributed by atoms with E-state index in [1.807, 2.05) is 6.92 Å². The topological polar surface area (TPSA) is 57.2 Å². The van der Waals surface area contributed by atoms with Crippen LogP contribution in [0.25, 0.3) is 0 Å². The summed E-state index contributed by atoms with van der Waals surface area (Å²) in [4.78, 5) is -0.178. The van der Waals surface area contributed by atoms with Crippen LogP contribution < -0.4 is 17.0 Å². The third-order valence-electron chi connectivity index (χ3n) is 1.31. The van der Waals surface area contributed by atoms with Crippen molar-refractivity contribution in [3.63, 3.8) is 0 Å². The number of benzene rings is 1. The second-order valence-corrected chi connectivity index (χ2v) is 3.65. The van der Waals surface area contributed by atoms with Crippen molar-refractivity contribution in [2.45, 2.75) is 11.8 Å². The van der Waals surface area contributed by atoms with Crippen LogP contribution in [0.2, 0.25) is 0 Å². The molecule has 0 bridgehead atoms. The van der Waals surface area contributed by atoms with Crippen molar-refractivity contribution in [2.24, 2.45) is 0 Å². The molecule has 0 saturated carbocycles. The molecule has 0 atom stereocenters. The van der Waals surface area contributed by atoms with Gasteiger partial charge in [-0.2, -0.15) is 0 Å². The van der Waals surface area contributed by atoms with Gasteiger partial charge in [0.2, 0.25) is 0 Å². The van der Waals surface area contributed by atoms with E-state index < -0.39 is 10.1 Å². The average Bonchev–Trinajstić information content (AvgIpc) is 1.86. The van der Waals surface area contributed by atoms with E-state index in [9.17, 15) is 13.0 Å². The maximum Gasteiger partial charge on any atom is 2.00 e. The van der Waals surface area contributed by atoms with E-state index in [0.717, 1.165) is 5.56 Å². The van der Waals surface area contributed by atoms with Crippen LogP contribution in [0.1, 0.15) is 5.56 Å². The van der Waals surface area contributed by atoms with E-state index in [0.29, 0.717) is 0 Å². The summed E-state index contributed by atoms with van der Waals surface area (Å²) in [6, 6.07) is 5.78. The Labute approximate surface area is 104 Å². The first-order chi connectivity index (χ1) is 5.00. The molecule has 0 N–H and O–H groups in total. The number of hydrogen-bond acceptors (Lipinski definition) is 3. The van der Waals surface area contributed by atoms with Gasteiger partial charge in [-0.3, -0.25) is 0 Å². The number of rotatable bonds is 1. The first-order valence-electron chi connectivity index (χ1n) is 3.03. The SMILES string of the molecule is Cc1ccc(S(=O)(=O)[O-])cc1.[Br-].[Mg+2]. The number of hydrogen-bond donors (Lipinski definition) is 0. The van der Waals surface area contributed by atoms with E-state index >= 15 is 0 Å². The Morgan fingerprint density at radius 2 is 1.54 bits per heavy atom. The fraction of sp³-hybridized carbons (Fsp3) is 0.143. The summed E-state index contributed by atoms with van der Waals surface area (Å²) in [5, 5.41) is 0. The maximum atomic E-state index is 10.4. The molecule has 0 saturated heterocycles. The Bertz CT molecular complexity index is 347. The van der Waals surface area contributed by atoms with Crippen molar-refractivity contribution >= 4 is 33.2 Å². The smallest absolute Gasteiger partial charge is 1.00 e. The Morgan fingerprint density at radius 3 is 1.85 bits per heavy atom. The Hall–Kier alpha value is 0.376. The third kappa shape index (κ3) is 4.97. The van der Waals surface area contributed by atoms with Gasteiger partial charge in [-0.05, 0) is 19.1 Å². The predicted octanol–water partition coefficient (Wildman–Crippen LogP) is -2.48. The molecule has 0 aliphatic heterocycles. The zero-order valence-corrected chi connectivity index (χ0v) is 10.8. The van der Waals surface area contributed by atoms with Gasteiger partial charge in [0.15, 0.2) is 0 Å². The van der Waals surface area contributed by atoms with Gasteiger partial charge in [0.25, 0.3) is 0 Å². The minimum Gasteiger partial charge on any atom is -1.00 e. The summed E-state index contributed by atoms with van der Waals surface area (Å²) < 4.78 is 31.2. The van der Waals surface area contributed by atoms with Crippen molar-refractivity contribution in [2.75, 3.05) is 0 Å². The van der Waals surface area contributed by atoms with E-state index in [2.05, 4.69) is 0 Å². The third-order valence-corrected chi connectivity index (χ3v) is 2.16. The number of halogens is 1. The van der Waals surface area contributed by atoms with Crippen molar-refractivity contribution in [3.05, 3.63) is 29.8 Å². The molecule has 6 heteroatoms. The maximum absolute atomic E-state index is 10.4. The van der Waals surface area contributed by atoms with Crippen LogP contribution >= 0.6 is 0 Å². The molecule has 68 valence electrons. The molecule has 0 aliphatic rings. The first-order valence-corrected chi connectivity index (χ1v) is 4.43. The summed E-state index contributed by atoms with van der Waals surface area (Å²) in [6.45, 7) is 1.82. The minimum absolute atomic E-state index is 0. The summed E-state index contributed by atoms with van der Waals surface area (Å²) in [7, 11) is -4.27. The van der Waals surface area contributed by atoms with Crippen molar-refractivity contribution < 1.29 is 30.0 Å². The largest absolute Gasteiger partial charge is 2.00 e. The molecule has 0 spiro atoms. The van der Waals surface area contributed by atoms with Crippen LogP contribution in [0.15, 0.2) is 29.2 Å². The molecule has 0 fully saturated rings. The molecular weight excluding hydrogens is 268 g/mol. The van der Waals surface area contributed by atoms with Crippen molar-refractivity contribution in [1.29, 1.82) is 0 Å². The number of aryl methyl sites for hydroxylation is 1. The van der Waals surface area contributed by atoms with E-state index in [1.165, 1.54) is 12.1 Å². The standard InChI is InChI=1S/C7H8O3S.BrH.Mg/c1-6-2-4-7(5-3-6)11(8,9)10;;/h2-5H,1H3,(H,8,9,10);1H;/q;;+2/p-2. The summed E-state index contributed by atoms with van der Waals surface area (Å²) in [5.41, 5.74) is 0.928. The van der Waals surface area contributed by atoms with Crippen LogP contribution in [0, 0.1) is 6.92 Å². The Kier molecular flexibility index (Phi) is 7.27. The van der Waals surface area contributed by atoms with E-state index in [-0.39, 0.29) is 44.9 Å². The minimum atomic E-state index is -4.27. The fourth-order valence-corrected chi connectivity index (χ4v) is 1.17. The normalized spacial score (nSPS) is 9.69. The molecular formula is C7H7BrMgO3S. The Morgan fingerprint density at radius 1 is 1.15 bits per heavy atom. The molecule has 1 rings (SSSR count). The van der Waals surface area contributed by atoms with Crippen molar-refractivity contribution in [1.82, 2.24) is 0 Å². The molecule has 3 nitrogen and oxygen atoms in total. The summed E-state index contributed by atoms with van der Waals surface area (Å²) >= 11 is 0. The van der Waals surface area contributed by atoms with E-state index in [4.69, 9.17) is 0 Å². The molecule has 0 radical (unpaired) electrons. The zero-order valence-electron chi connectivity index (χ0n) is 7.03. The average molecular weight is 275 g/mol. The Balaban J connectivity index is 0. The van der Waals surface area contributed by atoms with Gasteiger partial charge in [0.1, 0.15) is 10.1 Å². The second kappa shape index (κ2) is 5.97. The van der Waals surface area contributed by atoms with Gasteiger partial charge in [0.05, 0.1) is 4.90 Å².